The fraction of sp³-hybridized carbons (Fsp3) is 0.389. The van der Waals surface area contributed by atoms with E-state index in [0.717, 1.165) is 5.56 Å². The van der Waals surface area contributed by atoms with Crippen LogP contribution >= 0.6 is 0 Å². The van der Waals surface area contributed by atoms with Gasteiger partial charge in [-0.1, -0.05) is 12.1 Å². The molecule has 0 amide bonds. The third-order valence-corrected chi connectivity index (χ3v) is 4.85. The fourth-order valence-electron chi connectivity index (χ4n) is 3.53. The number of aliphatic carboxylic acids is 1. The van der Waals surface area contributed by atoms with Gasteiger partial charge < -0.3 is 20.4 Å². The number of benzene rings is 1. The molecule has 1 aliphatic heterocycles. The second-order valence-corrected chi connectivity index (χ2v) is 6.75. The van der Waals surface area contributed by atoms with Crippen LogP contribution in [0.25, 0.3) is 0 Å². The molecule has 0 radical (unpaired) electrons. The van der Waals surface area contributed by atoms with E-state index in [1.807, 2.05) is 6.08 Å². The number of phenolic OH excluding ortho intramolecular Hbond substituents is 1. The number of hydrogen-bond acceptors (Lipinski definition) is 4. The van der Waals surface area contributed by atoms with Crippen LogP contribution in [0.5, 0.6) is 5.75 Å². The van der Waals surface area contributed by atoms with Crippen molar-refractivity contribution in [1.29, 1.82) is 0 Å². The van der Waals surface area contributed by atoms with Crippen molar-refractivity contribution in [3.8, 4) is 5.75 Å². The summed E-state index contributed by atoms with van der Waals surface area (Å²) in [5.41, 5.74) is 1.00. The normalized spacial score (nSPS) is 30.3. The van der Waals surface area contributed by atoms with Gasteiger partial charge in [-0.15, -0.1) is 0 Å². The summed E-state index contributed by atoms with van der Waals surface area (Å²) in [6.07, 6.45) is 3.40. The van der Waals surface area contributed by atoms with Crippen molar-refractivity contribution < 1.29 is 30.1 Å². The zero-order valence-corrected chi connectivity index (χ0v) is 13.4. The van der Waals surface area contributed by atoms with Crippen molar-refractivity contribution in [1.82, 2.24) is 0 Å². The molecule has 1 heterocycles. The maximum absolute atomic E-state index is 11.8. The number of aromatic hydroxyl groups is 1. The summed E-state index contributed by atoms with van der Waals surface area (Å²) in [4.78, 5) is 12.5. The van der Waals surface area contributed by atoms with Gasteiger partial charge in [0.25, 0.3) is 0 Å². The highest BCUT2D eigenvalue weighted by molar-refractivity contribution is 5.72. The molecule has 0 bridgehead atoms. The number of aliphatic hydroxyl groups excluding tert-OH is 1. The molecule has 6 heteroatoms. The Hall–Kier alpha value is -2.15. The predicted molar refractivity (Wildman–Crippen MR) is 86.5 cm³/mol. The average Bonchev–Trinajstić information content (AvgIpc) is 2.75. The van der Waals surface area contributed by atoms with Crippen LogP contribution in [0.15, 0.2) is 47.7 Å². The van der Waals surface area contributed by atoms with Crippen LogP contribution in [-0.2, 0) is 11.2 Å². The number of carboxylic acid groups (broad SMARTS) is 1. The van der Waals surface area contributed by atoms with Crippen molar-refractivity contribution >= 4 is 5.97 Å². The first kappa shape index (κ1) is 16.7. The molecule has 2 aliphatic rings. The third kappa shape index (κ3) is 3.08. The van der Waals surface area contributed by atoms with Crippen molar-refractivity contribution in [3.05, 3.63) is 53.3 Å². The Kier molecular flexibility index (Phi) is 4.21. The Morgan fingerprint density at radius 1 is 1.38 bits per heavy atom. The first-order chi connectivity index (χ1) is 11.3. The molecule has 3 rings (SSSR count). The number of quaternary nitrogens is 1. The van der Waals surface area contributed by atoms with E-state index in [1.54, 1.807) is 25.3 Å². The van der Waals surface area contributed by atoms with E-state index >= 15 is 0 Å². The van der Waals surface area contributed by atoms with Gasteiger partial charge in [-0.2, -0.15) is 0 Å². The zero-order chi connectivity index (χ0) is 17.5. The molecule has 0 saturated heterocycles. The van der Waals surface area contributed by atoms with Crippen LogP contribution < -0.4 is 4.90 Å². The van der Waals surface area contributed by atoms with Crippen LogP contribution in [0.4, 0.5) is 0 Å². The summed E-state index contributed by atoms with van der Waals surface area (Å²) in [5, 5.41) is 39.5. The van der Waals surface area contributed by atoms with Crippen molar-refractivity contribution in [3.63, 3.8) is 0 Å². The molecule has 1 unspecified atom stereocenters. The standard InChI is InChI=1S/C18H21NO5/c1-18(24)9-16(21)13-6-7-19(10-14(13)18)15(17(22)23)8-11-2-4-12(20)5-3-11/h2-6,10,15-16,20-21,24H,7-9H2,1H3,(H,22,23)/p+1/t15-,16-,18-/m0/s1. The van der Waals surface area contributed by atoms with E-state index in [0.29, 0.717) is 29.0 Å². The summed E-state index contributed by atoms with van der Waals surface area (Å²) in [6, 6.07) is 5.77. The Labute approximate surface area is 140 Å². The van der Waals surface area contributed by atoms with Gasteiger partial charge in [-0.05, 0) is 36.3 Å². The molecule has 1 fully saturated rings. The van der Waals surface area contributed by atoms with Gasteiger partial charge in [0.05, 0.1) is 11.7 Å². The van der Waals surface area contributed by atoms with Crippen molar-refractivity contribution in [2.45, 2.75) is 37.5 Å². The predicted octanol–water partition coefficient (Wildman–Crippen LogP) is -0.388. The lowest BCUT2D eigenvalue weighted by Gasteiger charge is -2.27. The molecular weight excluding hydrogens is 310 g/mol. The van der Waals surface area contributed by atoms with E-state index in [-0.39, 0.29) is 12.2 Å². The summed E-state index contributed by atoms with van der Waals surface area (Å²) >= 11 is 0. The number of aliphatic hydroxyl groups is 2. The summed E-state index contributed by atoms with van der Waals surface area (Å²) in [7, 11) is 0. The van der Waals surface area contributed by atoms with Crippen molar-refractivity contribution in [2.24, 2.45) is 0 Å². The Bertz CT molecular complexity index is 705. The number of fused-ring (bicyclic) bond motifs is 1. The molecule has 1 aliphatic carbocycles. The first-order valence-electron chi connectivity index (χ1n) is 7.97. The quantitative estimate of drug-likeness (QED) is 0.517. The van der Waals surface area contributed by atoms with Gasteiger partial charge in [0.2, 0.25) is 0 Å². The van der Waals surface area contributed by atoms with E-state index in [9.17, 15) is 25.2 Å². The largest absolute Gasteiger partial charge is 0.508 e. The minimum absolute atomic E-state index is 0.140. The summed E-state index contributed by atoms with van der Waals surface area (Å²) in [5.74, 6) is -0.786. The zero-order valence-electron chi connectivity index (χ0n) is 13.4. The van der Waals surface area contributed by atoms with E-state index in [4.69, 9.17) is 0 Å². The molecule has 1 aromatic rings. The molecule has 24 heavy (non-hydrogen) atoms. The SMILES string of the molecule is C[C@]1(O)C[C@H](O)C2=CC[NH+]([C@@H](Cc3ccc(O)cc3)C(=O)O)C=C21. The number of nitrogens with one attached hydrogen (secondary N) is 1. The minimum atomic E-state index is -1.14. The third-order valence-electron chi connectivity index (χ3n) is 4.85. The van der Waals surface area contributed by atoms with Crippen LogP contribution in [0, 0.1) is 0 Å². The number of carbonyl (C=O) groups is 1. The molecule has 0 spiro atoms. The maximum Gasteiger partial charge on any atom is 0.363 e. The van der Waals surface area contributed by atoms with Gasteiger partial charge in [-0.25, -0.2) is 4.79 Å². The molecule has 1 saturated carbocycles. The Morgan fingerprint density at radius 2 is 2.04 bits per heavy atom. The molecule has 5 N–H and O–H groups in total. The topological polar surface area (TPSA) is 102 Å². The lowest BCUT2D eigenvalue weighted by Crippen LogP contribution is -3.13. The van der Waals surface area contributed by atoms with Crippen LogP contribution in [0.1, 0.15) is 18.9 Å². The monoisotopic (exact) mass is 332 g/mol. The second-order valence-electron chi connectivity index (χ2n) is 6.75. The number of rotatable bonds is 4. The molecule has 0 aromatic heterocycles. The highest BCUT2D eigenvalue weighted by Crippen LogP contribution is 2.39. The highest BCUT2D eigenvalue weighted by Gasteiger charge is 2.45. The van der Waals surface area contributed by atoms with Gasteiger partial charge in [0.15, 0.2) is 6.04 Å². The molecular formula is C18H22NO5+. The molecule has 6 nitrogen and oxygen atoms in total. The van der Waals surface area contributed by atoms with Gasteiger partial charge >= 0.3 is 5.97 Å². The maximum atomic E-state index is 11.8. The van der Waals surface area contributed by atoms with Gasteiger partial charge in [-0.3, -0.25) is 4.90 Å². The molecule has 128 valence electrons. The minimum Gasteiger partial charge on any atom is -0.508 e. The lowest BCUT2D eigenvalue weighted by molar-refractivity contribution is -0.860. The average molecular weight is 332 g/mol. The fourth-order valence-corrected chi connectivity index (χ4v) is 3.53. The summed E-state index contributed by atoms with van der Waals surface area (Å²) in [6.45, 7) is 2.09. The molecule has 1 aromatic carbocycles. The molecule has 4 atom stereocenters. The highest BCUT2D eigenvalue weighted by atomic mass is 16.4. The van der Waals surface area contributed by atoms with Crippen molar-refractivity contribution in [2.75, 3.05) is 6.54 Å². The summed E-state index contributed by atoms with van der Waals surface area (Å²) < 4.78 is 0. The number of hydrogen-bond donors (Lipinski definition) is 5. The van der Waals surface area contributed by atoms with E-state index < -0.39 is 23.7 Å². The van der Waals surface area contributed by atoms with Crippen LogP contribution in [-0.4, -0.2) is 50.7 Å². The van der Waals surface area contributed by atoms with E-state index in [1.165, 1.54) is 12.1 Å². The smallest absolute Gasteiger partial charge is 0.363 e. The lowest BCUT2D eigenvalue weighted by atomic mass is 9.95. The van der Waals surface area contributed by atoms with E-state index in [2.05, 4.69) is 0 Å². The van der Waals surface area contributed by atoms with Gasteiger partial charge in [0.1, 0.15) is 18.5 Å². The number of phenols is 1. The van der Waals surface area contributed by atoms with Crippen LogP contribution in [0.2, 0.25) is 0 Å². The second kappa shape index (κ2) is 6.05. The van der Waals surface area contributed by atoms with Crippen LogP contribution in [0.3, 0.4) is 0 Å². The first-order valence-corrected chi connectivity index (χ1v) is 7.97. The Balaban J connectivity index is 1.85. The Morgan fingerprint density at radius 3 is 2.67 bits per heavy atom. The number of carboxylic acids is 1. The van der Waals surface area contributed by atoms with Gasteiger partial charge in [0, 0.05) is 18.4 Å².